The number of aromatic nitrogens is 2. The zero-order valence-corrected chi connectivity index (χ0v) is 13.5. The third-order valence-corrected chi connectivity index (χ3v) is 3.33. The van der Waals surface area contributed by atoms with Crippen molar-refractivity contribution < 1.29 is 14.5 Å². The summed E-state index contributed by atoms with van der Waals surface area (Å²) in [5.41, 5.74) is -0.646. The molecule has 0 radical (unpaired) electrons. The number of hydrogen-bond donors (Lipinski definition) is 1. The maximum atomic E-state index is 11.7. The Morgan fingerprint density at radius 1 is 1.35 bits per heavy atom. The number of alkyl carbamates (subject to hydrolysis) is 1. The summed E-state index contributed by atoms with van der Waals surface area (Å²) >= 11 is 0. The van der Waals surface area contributed by atoms with Gasteiger partial charge in [0.15, 0.2) is 0 Å². The van der Waals surface area contributed by atoms with Gasteiger partial charge in [0, 0.05) is 19.1 Å². The Morgan fingerprint density at radius 2 is 1.91 bits per heavy atom. The molecule has 1 aromatic heterocycles. The number of hydrogen-bond acceptors (Lipinski definition) is 7. The Morgan fingerprint density at radius 3 is 2.39 bits per heavy atom. The lowest BCUT2D eigenvalue weighted by Gasteiger charge is -2.32. The summed E-state index contributed by atoms with van der Waals surface area (Å²) in [5.74, 6) is 0.464. The van der Waals surface area contributed by atoms with Crippen molar-refractivity contribution in [3.05, 3.63) is 22.5 Å². The number of piperidine rings is 1. The van der Waals surface area contributed by atoms with Crippen molar-refractivity contribution >= 4 is 17.7 Å². The summed E-state index contributed by atoms with van der Waals surface area (Å²) in [6.45, 7) is 6.79. The molecule has 9 nitrogen and oxygen atoms in total. The third-order valence-electron chi connectivity index (χ3n) is 3.33. The SMILES string of the molecule is CC(C)(C)OC(=O)NC1CCN(c2ncc([N+](=O)[O-])cn2)CC1. The van der Waals surface area contributed by atoms with Crippen LogP contribution >= 0.6 is 0 Å². The highest BCUT2D eigenvalue weighted by molar-refractivity contribution is 5.68. The van der Waals surface area contributed by atoms with E-state index in [4.69, 9.17) is 4.74 Å². The minimum atomic E-state index is -0.527. The van der Waals surface area contributed by atoms with Crippen LogP contribution in [0, 0.1) is 10.1 Å². The van der Waals surface area contributed by atoms with E-state index >= 15 is 0 Å². The summed E-state index contributed by atoms with van der Waals surface area (Å²) in [6.07, 6.45) is 3.46. The van der Waals surface area contributed by atoms with Crippen molar-refractivity contribution in [3.8, 4) is 0 Å². The standard InChI is InChI=1S/C14H21N5O4/c1-14(2,3)23-13(20)17-10-4-6-18(7-5-10)12-15-8-11(9-16-12)19(21)22/h8-10H,4-7H2,1-3H3,(H,17,20). The van der Waals surface area contributed by atoms with E-state index < -0.39 is 16.6 Å². The van der Waals surface area contributed by atoms with Crippen molar-refractivity contribution in [3.63, 3.8) is 0 Å². The van der Waals surface area contributed by atoms with Crippen LogP contribution in [0.2, 0.25) is 0 Å². The molecule has 0 unspecified atom stereocenters. The number of rotatable bonds is 3. The van der Waals surface area contributed by atoms with E-state index in [0.29, 0.717) is 19.0 Å². The molecule has 0 atom stereocenters. The van der Waals surface area contributed by atoms with E-state index in [2.05, 4.69) is 15.3 Å². The van der Waals surface area contributed by atoms with Crippen molar-refractivity contribution in [2.75, 3.05) is 18.0 Å². The van der Waals surface area contributed by atoms with Crippen LogP contribution in [0.4, 0.5) is 16.4 Å². The zero-order chi connectivity index (χ0) is 17.0. The van der Waals surface area contributed by atoms with Gasteiger partial charge >= 0.3 is 11.8 Å². The first-order chi connectivity index (χ1) is 10.7. The monoisotopic (exact) mass is 323 g/mol. The fourth-order valence-electron chi connectivity index (χ4n) is 2.27. The maximum absolute atomic E-state index is 11.7. The molecule has 0 bridgehead atoms. The molecule has 1 aliphatic rings. The lowest BCUT2D eigenvalue weighted by Crippen LogP contribution is -2.46. The average molecular weight is 323 g/mol. The third kappa shape index (κ3) is 5.04. The Balaban J connectivity index is 1.84. The van der Waals surface area contributed by atoms with Crippen LogP contribution in [0.15, 0.2) is 12.4 Å². The highest BCUT2D eigenvalue weighted by Crippen LogP contribution is 2.18. The molecule has 0 saturated carbocycles. The second-order valence-electron chi connectivity index (χ2n) is 6.41. The average Bonchev–Trinajstić information content (AvgIpc) is 2.46. The van der Waals surface area contributed by atoms with Crippen LogP contribution < -0.4 is 10.2 Å². The molecular weight excluding hydrogens is 302 g/mol. The lowest BCUT2D eigenvalue weighted by atomic mass is 10.1. The van der Waals surface area contributed by atoms with Gasteiger partial charge in [0.1, 0.15) is 18.0 Å². The molecule has 0 aromatic carbocycles. The molecule has 23 heavy (non-hydrogen) atoms. The van der Waals surface area contributed by atoms with E-state index in [9.17, 15) is 14.9 Å². The molecule has 1 amide bonds. The largest absolute Gasteiger partial charge is 0.444 e. The number of carbonyl (C=O) groups is 1. The number of ether oxygens (including phenoxy) is 1. The van der Waals surface area contributed by atoms with E-state index in [0.717, 1.165) is 12.8 Å². The number of anilines is 1. The smallest absolute Gasteiger partial charge is 0.407 e. The lowest BCUT2D eigenvalue weighted by molar-refractivity contribution is -0.385. The summed E-state index contributed by atoms with van der Waals surface area (Å²) in [6, 6.07) is 0.0409. The van der Waals surface area contributed by atoms with E-state index in [1.807, 2.05) is 25.7 Å². The van der Waals surface area contributed by atoms with Crippen LogP contribution in [0.5, 0.6) is 0 Å². The summed E-state index contributed by atoms with van der Waals surface area (Å²) in [4.78, 5) is 31.8. The normalized spacial score (nSPS) is 16.0. The number of amides is 1. The second kappa shape index (κ2) is 6.76. The molecule has 126 valence electrons. The van der Waals surface area contributed by atoms with Crippen molar-refractivity contribution in [2.24, 2.45) is 0 Å². The van der Waals surface area contributed by atoms with Gasteiger partial charge in [0.05, 0.1) is 4.92 Å². The molecular formula is C14H21N5O4. The highest BCUT2D eigenvalue weighted by atomic mass is 16.6. The molecule has 1 saturated heterocycles. The first-order valence-corrected chi connectivity index (χ1v) is 7.45. The zero-order valence-electron chi connectivity index (χ0n) is 13.5. The fraction of sp³-hybridized carbons (Fsp3) is 0.643. The van der Waals surface area contributed by atoms with Crippen molar-refractivity contribution in [1.29, 1.82) is 0 Å². The second-order valence-corrected chi connectivity index (χ2v) is 6.41. The summed E-state index contributed by atoms with van der Waals surface area (Å²) in [5, 5.41) is 13.4. The molecule has 1 N–H and O–H groups in total. The van der Waals surface area contributed by atoms with Gasteiger partial charge in [-0.25, -0.2) is 14.8 Å². The van der Waals surface area contributed by atoms with Gasteiger partial charge in [-0.2, -0.15) is 0 Å². The highest BCUT2D eigenvalue weighted by Gasteiger charge is 2.24. The topological polar surface area (TPSA) is 110 Å². The predicted molar refractivity (Wildman–Crippen MR) is 83.3 cm³/mol. The molecule has 2 rings (SSSR count). The van der Waals surface area contributed by atoms with Crippen LogP contribution in [0.1, 0.15) is 33.6 Å². The fourth-order valence-corrected chi connectivity index (χ4v) is 2.27. The number of carbonyl (C=O) groups excluding carboxylic acids is 1. The Kier molecular flexibility index (Phi) is 4.97. The molecule has 2 heterocycles. The van der Waals surface area contributed by atoms with Crippen molar-refractivity contribution in [1.82, 2.24) is 15.3 Å². The van der Waals surface area contributed by atoms with Gasteiger partial charge in [-0.1, -0.05) is 0 Å². The van der Waals surface area contributed by atoms with Gasteiger partial charge in [-0.05, 0) is 33.6 Å². The quantitative estimate of drug-likeness (QED) is 0.667. The van der Waals surface area contributed by atoms with Crippen molar-refractivity contribution in [2.45, 2.75) is 45.3 Å². The van der Waals surface area contributed by atoms with E-state index in [1.54, 1.807) is 0 Å². The molecule has 0 aliphatic carbocycles. The minimum Gasteiger partial charge on any atom is -0.444 e. The first kappa shape index (κ1) is 16.9. The molecule has 9 heteroatoms. The number of nitrogens with zero attached hydrogens (tertiary/aromatic N) is 4. The minimum absolute atomic E-state index is 0.0409. The number of nitrogens with one attached hydrogen (secondary N) is 1. The molecule has 1 aromatic rings. The van der Waals surface area contributed by atoms with Crippen LogP contribution in [-0.4, -0.2) is 45.7 Å². The molecule has 1 aliphatic heterocycles. The Hall–Kier alpha value is -2.45. The van der Waals surface area contributed by atoms with Gasteiger partial charge in [-0.3, -0.25) is 10.1 Å². The van der Waals surface area contributed by atoms with Gasteiger partial charge in [-0.15, -0.1) is 0 Å². The van der Waals surface area contributed by atoms with E-state index in [-0.39, 0.29) is 11.7 Å². The Labute approximate surface area is 134 Å². The van der Waals surface area contributed by atoms with Crippen LogP contribution in [0.25, 0.3) is 0 Å². The maximum Gasteiger partial charge on any atom is 0.407 e. The van der Waals surface area contributed by atoms with Crippen LogP contribution in [0.3, 0.4) is 0 Å². The van der Waals surface area contributed by atoms with Crippen LogP contribution in [-0.2, 0) is 4.74 Å². The van der Waals surface area contributed by atoms with Gasteiger partial charge < -0.3 is 15.0 Å². The number of nitro groups is 1. The summed E-state index contributed by atoms with van der Waals surface area (Å²) in [7, 11) is 0. The molecule has 0 spiro atoms. The van der Waals surface area contributed by atoms with E-state index in [1.165, 1.54) is 12.4 Å². The Bertz CT molecular complexity index is 562. The molecule has 1 fully saturated rings. The van der Waals surface area contributed by atoms with Gasteiger partial charge in [0.25, 0.3) is 0 Å². The first-order valence-electron chi connectivity index (χ1n) is 7.45. The van der Waals surface area contributed by atoms with Gasteiger partial charge in [0.2, 0.25) is 5.95 Å². The summed E-state index contributed by atoms with van der Waals surface area (Å²) < 4.78 is 5.24. The predicted octanol–water partition coefficient (Wildman–Crippen LogP) is 1.88.